The topological polar surface area (TPSA) is 42.2 Å². The Morgan fingerprint density at radius 1 is 0.967 bits per heavy atom. The number of aromatic nitrogens is 1. The average Bonchev–Trinajstić information content (AvgIpc) is 2.73. The number of pyridine rings is 1. The molecule has 1 aromatic heterocycles. The molecule has 0 spiro atoms. The second-order valence-electron chi connectivity index (χ2n) is 7.85. The summed E-state index contributed by atoms with van der Waals surface area (Å²) >= 11 is 0. The molecule has 2 aromatic carbocycles. The molecule has 0 atom stereocenters. The summed E-state index contributed by atoms with van der Waals surface area (Å²) in [6.45, 7) is 3.40. The molecular weight excluding hydrogens is 387 g/mol. The molecule has 3 aromatic rings. The van der Waals surface area contributed by atoms with Crippen molar-refractivity contribution >= 4 is 5.69 Å². The van der Waals surface area contributed by atoms with Crippen LogP contribution in [0.1, 0.15) is 30.4 Å². The van der Waals surface area contributed by atoms with Crippen LogP contribution in [0.2, 0.25) is 0 Å². The van der Waals surface area contributed by atoms with Gasteiger partial charge in [-0.15, -0.1) is 0 Å². The SMILES string of the molecule is Cc1cc(F)cc(-c2cncc(-c3ccc(C(F)F)cc3)c2N2CCC(N)CC2)c1. The number of rotatable bonds is 4. The second kappa shape index (κ2) is 8.48. The highest BCUT2D eigenvalue weighted by atomic mass is 19.3. The quantitative estimate of drug-likeness (QED) is 0.596. The van der Waals surface area contributed by atoms with Crippen molar-refractivity contribution in [1.82, 2.24) is 4.98 Å². The van der Waals surface area contributed by atoms with Crippen LogP contribution in [-0.4, -0.2) is 24.1 Å². The molecule has 6 heteroatoms. The van der Waals surface area contributed by atoms with Gasteiger partial charge in [-0.1, -0.05) is 30.3 Å². The van der Waals surface area contributed by atoms with Crippen molar-refractivity contribution < 1.29 is 13.2 Å². The summed E-state index contributed by atoms with van der Waals surface area (Å²) in [5.74, 6) is -0.302. The van der Waals surface area contributed by atoms with E-state index >= 15 is 0 Å². The van der Waals surface area contributed by atoms with Crippen LogP contribution in [0.4, 0.5) is 18.9 Å². The van der Waals surface area contributed by atoms with E-state index in [1.165, 1.54) is 24.3 Å². The van der Waals surface area contributed by atoms with E-state index in [2.05, 4.69) is 9.88 Å². The standard InChI is InChI=1S/C24H24F3N3/c1-15-10-18(12-19(25)11-15)22-14-29-13-21(16-2-4-17(5-3-16)24(26)27)23(22)30-8-6-20(28)7-9-30/h2-5,10-14,20,24H,6-9,28H2,1H3. The summed E-state index contributed by atoms with van der Waals surface area (Å²) < 4.78 is 40.2. The third-order valence-electron chi connectivity index (χ3n) is 5.60. The monoisotopic (exact) mass is 411 g/mol. The fraction of sp³-hybridized carbons (Fsp3) is 0.292. The Morgan fingerprint density at radius 3 is 2.20 bits per heavy atom. The van der Waals surface area contributed by atoms with E-state index in [0.29, 0.717) is 0 Å². The van der Waals surface area contributed by atoms with Gasteiger partial charge >= 0.3 is 0 Å². The number of anilines is 1. The average molecular weight is 411 g/mol. The highest BCUT2D eigenvalue weighted by Gasteiger charge is 2.23. The van der Waals surface area contributed by atoms with Crippen molar-refractivity contribution in [3.8, 4) is 22.3 Å². The molecule has 156 valence electrons. The summed E-state index contributed by atoms with van der Waals surface area (Å²) in [4.78, 5) is 6.65. The minimum Gasteiger partial charge on any atom is -0.370 e. The number of aryl methyl sites for hydroxylation is 1. The van der Waals surface area contributed by atoms with Gasteiger partial charge in [0.2, 0.25) is 0 Å². The van der Waals surface area contributed by atoms with Gasteiger partial charge in [-0.25, -0.2) is 13.2 Å². The Hall–Kier alpha value is -2.86. The number of alkyl halides is 2. The van der Waals surface area contributed by atoms with E-state index in [4.69, 9.17) is 5.73 Å². The van der Waals surface area contributed by atoms with E-state index < -0.39 is 6.43 Å². The summed E-state index contributed by atoms with van der Waals surface area (Å²) in [6, 6.07) is 11.4. The number of nitrogens with zero attached hydrogens (tertiary/aromatic N) is 2. The predicted molar refractivity (Wildman–Crippen MR) is 114 cm³/mol. The van der Waals surface area contributed by atoms with Crippen LogP contribution in [0.5, 0.6) is 0 Å². The van der Waals surface area contributed by atoms with Crippen LogP contribution in [0.15, 0.2) is 54.9 Å². The van der Waals surface area contributed by atoms with Gasteiger partial charge in [-0.3, -0.25) is 4.98 Å². The first kappa shape index (κ1) is 20.4. The molecule has 0 radical (unpaired) electrons. The number of piperidine rings is 1. The first-order valence-electron chi connectivity index (χ1n) is 10.1. The molecule has 4 rings (SSSR count). The van der Waals surface area contributed by atoms with Gasteiger partial charge < -0.3 is 10.6 Å². The molecule has 1 saturated heterocycles. The molecule has 1 fully saturated rings. The molecule has 2 heterocycles. The van der Waals surface area contributed by atoms with Crippen LogP contribution in [0.25, 0.3) is 22.3 Å². The minimum atomic E-state index is -2.51. The fourth-order valence-electron chi connectivity index (χ4n) is 4.04. The summed E-state index contributed by atoms with van der Waals surface area (Å²) in [6.07, 6.45) is 2.69. The Morgan fingerprint density at radius 2 is 1.60 bits per heavy atom. The van der Waals surface area contributed by atoms with Crippen LogP contribution in [-0.2, 0) is 0 Å². The fourth-order valence-corrected chi connectivity index (χ4v) is 4.04. The number of hydrogen-bond donors (Lipinski definition) is 1. The van der Waals surface area contributed by atoms with E-state index in [-0.39, 0.29) is 17.4 Å². The Kier molecular flexibility index (Phi) is 5.77. The lowest BCUT2D eigenvalue weighted by atomic mass is 9.94. The van der Waals surface area contributed by atoms with Crippen LogP contribution >= 0.6 is 0 Å². The van der Waals surface area contributed by atoms with Crippen LogP contribution in [0, 0.1) is 12.7 Å². The molecule has 0 unspecified atom stereocenters. The lowest BCUT2D eigenvalue weighted by molar-refractivity contribution is 0.151. The maximum absolute atomic E-state index is 14.2. The molecule has 1 aliphatic rings. The zero-order valence-electron chi connectivity index (χ0n) is 16.8. The van der Waals surface area contributed by atoms with Gasteiger partial charge in [0.1, 0.15) is 5.82 Å². The molecule has 30 heavy (non-hydrogen) atoms. The van der Waals surface area contributed by atoms with Crippen molar-refractivity contribution in [3.05, 3.63) is 71.8 Å². The molecule has 3 nitrogen and oxygen atoms in total. The van der Waals surface area contributed by atoms with Crippen molar-refractivity contribution in [2.45, 2.75) is 32.2 Å². The largest absolute Gasteiger partial charge is 0.370 e. The van der Waals surface area contributed by atoms with E-state index in [1.54, 1.807) is 24.5 Å². The van der Waals surface area contributed by atoms with Crippen molar-refractivity contribution in [2.24, 2.45) is 5.73 Å². The number of nitrogens with two attached hydrogens (primary N) is 1. The third kappa shape index (κ3) is 4.19. The number of benzene rings is 2. The first-order valence-corrected chi connectivity index (χ1v) is 10.1. The normalized spacial score (nSPS) is 15.1. The maximum atomic E-state index is 14.2. The second-order valence-corrected chi connectivity index (χ2v) is 7.85. The summed E-state index contributed by atoms with van der Waals surface area (Å²) in [5, 5.41) is 0. The van der Waals surface area contributed by atoms with Crippen molar-refractivity contribution in [2.75, 3.05) is 18.0 Å². The molecule has 0 amide bonds. The zero-order chi connectivity index (χ0) is 21.3. The Labute approximate surface area is 174 Å². The molecule has 2 N–H and O–H groups in total. The smallest absolute Gasteiger partial charge is 0.263 e. The lowest BCUT2D eigenvalue weighted by Gasteiger charge is -2.35. The van der Waals surface area contributed by atoms with Gasteiger partial charge in [0.25, 0.3) is 6.43 Å². The highest BCUT2D eigenvalue weighted by molar-refractivity contribution is 5.90. The number of hydrogen-bond acceptors (Lipinski definition) is 3. The van der Waals surface area contributed by atoms with E-state index in [9.17, 15) is 13.2 Å². The first-order chi connectivity index (χ1) is 14.4. The van der Waals surface area contributed by atoms with Gasteiger partial charge in [-0.2, -0.15) is 0 Å². The van der Waals surface area contributed by atoms with Gasteiger partial charge in [0, 0.05) is 48.2 Å². The Bertz CT molecular complexity index is 1010. The van der Waals surface area contributed by atoms with Crippen molar-refractivity contribution in [1.29, 1.82) is 0 Å². The minimum absolute atomic E-state index is 0.0193. The van der Waals surface area contributed by atoms with E-state index in [0.717, 1.165) is 59.4 Å². The maximum Gasteiger partial charge on any atom is 0.263 e. The number of halogens is 3. The molecule has 1 aliphatic heterocycles. The van der Waals surface area contributed by atoms with Crippen LogP contribution < -0.4 is 10.6 Å². The highest BCUT2D eigenvalue weighted by Crippen LogP contribution is 2.40. The Balaban J connectivity index is 1.87. The van der Waals surface area contributed by atoms with Crippen molar-refractivity contribution in [3.63, 3.8) is 0 Å². The summed E-state index contributed by atoms with van der Waals surface area (Å²) in [7, 11) is 0. The van der Waals surface area contributed by atoms with Gasteiger partial charge in [0.15, 0.2) is 0 Å². The predicted octanol–water partition coefficient (Wildman–Crippen LogP) is 5.73. The van der Waals surface area contributed by atoms with Crippen LogP contribution in [0.3, 0.4) is 0 Å². The van der Waals surface area contributed by atoms with Gasteiger partial charge in [0.05, 0.1) is 5.69 Å². The molecular formula is C24H24F3N3. The summed E-state index contributed by atoms with van der Waals surface area (Å²) in [5.41, 5.74) is 11.0. The third-order valence-corrected chi connectivity index (χ3v) is 5.60. The zero-order valence-corrected chi connectivity index (χ0v) is 16.8. The molecule has 0 saturated carbocycles. The lowest BCUT2D eigenvalue weighted by Crippen LogP contribution is -2.40. The van der Waals surface area contributed by atoms with Gasteiger partial charge in [-0.05, 0) is 48.6 Å². The molecule has 0 aliphatic carbocycles. The molecule has 0 bridgehead atoms. The van der Waals surface area contributed by atoms with E-state index in [1.807, 2.05) is 13.0 Å².